The van der Waals surface area contributed by atoms with Crippen molar-refractivity contribution in [2.24, 2.45) is 0 Å². The van der Waals surface area contributed by atoms with Gasteiger partial charge in [0.05, 0.1) is 11.7 Å². The van der Waals surface area contributed by atoms with Gasteiger partial charge < -0.3 is 14.2 Å². The zero-order valence-electron chi connectivity index (χ0n) is 16.7. The van der Waals surface area contributed by atoms with E-state index < -0.39 is 0 Å². The van der Waals surface area contributed by atoms with Gasteiger partial charge in [-0.15, -0.1) is 22.0 Å². The molecular formula is C22H28N4O2S. The molecule has 1 saturated carbocycles. The van der Waals surface area contributed by atoms with Crippen LogP contribution in [0.3, 0.4) is 0 Å². The molecule has 1 aromatic carbocycles. The van der Waals surface area contributed by atoms with Crippen LogP contribution in [0.25, 0.3) is 0 Å². The predicted octanol–water partition coefficient (Wildman–Crippen LogP) is 3.90. The van der Waals surface area contributed by atoms with Crippen molar-refractivity contribution in [1.82, 2.24) is 19.7 Å². The Hall–Kier alpha value is -1.86. The topological polar surface area (TPSA) is 60.2 Å². The zero-order valence-corrected chi connectivity index (χ0v) is 17.5. The second-order valence-electron chi connectivity index (χ2n) is 8.36. The van der Waals surface area contributed by atoms with Crippen LogP contribution in [0.15, 0.2) is 35.5 Å². The Balaban J connectivity index is 1.29. The smallest absolute Gasteiger partial charge is 0.255 e. The van der Waals surface area contributed by atoms with Gasteiger partial charge >= 0.3 is 0 Å². The van der Waals surface area contributed by atoms with Crippen LogP contribution in [-0.4, -0.2) is 57.1 Å². The van der Waals surface area contributed by atoms with Crippen molar-refractivity contribution in [3.8, 4) is 0 Å². The molecule has 154 valence electrons. The molecule has 0 N–H and O–H groups in total. The first kappa shape index (κ1) is 19.1. The molecule has 2 aromatic rings. The van der Waals surface area contributed by atoms with Crippen LogP contribution in [0.5, 0.6) is 0 Å². The number of rotatable bonds is 6. The fraction of sp³-hybridized carbons (Fsp3) is 0.591. The molecule has 2 saturated heterocycles. The van der Waals surface area contributed by atoms with Gasteiger partial charge in [-0.2, -0.15) is 0 Å². The van der Waals surface area contributed by atoms with E-state index in [2.05, 4.69) is 20.8 Å². The van der Waals surface area contributed by atoms with E-state index in [0.717, 1.165) is 67.4 Å². The van der Waals surface area contributed by atoms with Crippen LogP contribution in [0.1, 0.15) is 66.7 Å². The van der Waals surface area contributed by atoms with E-state index in [9.17, 15) is 4.79 Å². The van der Waals surface area contributed by atoms with Gasteiger partial charge in [0.25, 0.3) is 5.91 Å². The largest absolute Gasteiger partial charge is 0.377 e. The van der Waals surface area contributed by atoms with E-state index >= 15 is 0 Å². The second-order valence-corrected chi connectivity index (χ2v) is 9.42. The van der Waals surface area contributed by atoms with Gasteiger partial charge in [-0.05, 0) is 50.7 Å². The number of piperidine rings is 1. The summed E-state index contributed by atoms with van der Waals surface area (Å²) in [5.41, 5.74) is 0.819. The second kappa shape index (κ2) is 8.48. The first-order valence-corrected chi connectivity index (χ1v) is 11.8. The molecule has 1 aromatic heterocycles. The van der Waals surface area contributed by atoms with Crippen LogP contribution in [-0.2, 0) is 4.74 Å². The Morgan fingerprint density at radius 1 is 1.17 bits per heavy atom. The molecule has 2 unspecified atom stereocenters. The number of hydrogen-bond acceptors (Lipinski definition) is 5. The molecule has 0 bridgehead atoms. The maximum atomic E-state index is 13.4. The lowest BCUT2D eigenvalue weighted by Gasteiger charge is -2.33. The van der Waals surface area contributed by atoms with E-state index in [-0.39, 0.29) is 11.8 Å². The van der Waals surface area contributed by atoms with Gasteiger partial charge in [-0.25, -0.2) is 0 Å². The molecule has 3 aliphatic rings. The number of carbonyl (C=O) groups is 1. The highest BCUT2D eigenvalue weighted by Gasteiger charge is 2.33. The van der Waals surface area contributed by atoms with E-state index in [4.69, 9.17) is 4.74 Å². The Kier molecular flexibility index (Phi) is 5.59. The minimum atomic E-state index is 0.141. The van der Waals surface area contributed by atoms with Crippen molar-refractivity contribution < 1.29 is 9.53 Å². The summed E-state index contributed by atoms with van der Waals surface area (Å²) in [5.74, 6) is 2.40. The molecule has 3 heterocycles. The van der Waals surface area contributed by atoms with Crippen LogP contribution in [0.4, 0.5) is 0 Å². The summed E-state index contributed by atoms with van der Waals surface area (Å²) in [7, 11) is 0. The molecule has 2 atom stereocenters. The van der Waals surface area contributed by atoms with Crippen molar-refractivity contribution >= 4 is 17.7 Å². The van der Waals surface area contributed by atoms with Crippen LogP contribution < -0.4 is 0 Å². The maximum absolute atomic E-state index is 13.4. The zero-order chi connectivity index (χ0) is 19.6. The number of nitrogens with zero attached hydrogens (tertiary/aromatic N) is 4. The lowest BCUT2D eigenvalue weighted by Crippen LogP contribution is -2.40. The van der Waals surface area contributed by atoms with Gasteiger partial charge in [-0.3, -0.25) is 4.79 Å². The van der Waals surface area contributed by atoms with Gasteiger partial charge in [0.1, 0.15) is 12.2 Å². The van der Waals surface area contributed by atoms with E-state index in [1.165, 1.54) is 12.8 Å². The minimum absolute atomic E-state index is 0.141. The standard InChI is InChI=1S/C22H28N4O2S/c27-22(19-7-1-2-8-20(19)29-14-18-6-4-12-28-18)25-11-3-5-16(13-25)21-24-23-15-26(21)17-9-10-17/h1-2,7-8,15-18H,3-6,9-14H2. The predicted molar refractivity (Wildman–Crippen MR) is 112 cm³/mol. The number of carbonyl (C=O) groups excluding carboxylic acids is 1. The average molecular weight is 413 g/mol. The molecular weight excluding hydrogens is 384 g/mol. The fourth-order valence-electron chi connectivity index (χ4n) is 4.45. The molecule has 0 radical (unpaired) electrons. The molecule has 1 aliphatic carbocycles. The summed E-state index contributed by atoms with van der Waals surface area (Å²) < 4.78 is 7.99. The van der Waals surface area contributed by atoms with Crippen molar-refractivity contribution in [3.63, 3.8) is 0 Å². The van der Waals surface area contributed by atoms with Crippen molar-refractivity contribution in [2.45, 2.75) is 61.5 Å². The number of benzene rings is 1. The van der Waals surface area contributed by atoms with Crippen LogP contribution >= 0.6 is 11.8 Å². The Morgan fingerprint density at radius 2 is 2.07 bits per heavy atom. The van der Waals surface area contributed by atoms with Crippen LogP contribution in [0.2, 0.25) is 0 Å². The molecule has 1 amide bonds. The summed E-state index contributed by atoms with van der Waals surface area (Å²) in [5, 5.41) is 8.57. The number of ether oxygens (including phenoxy) is 1. The number of thioether (sulfide) groups is 1. The normalized spacial score (nSPS) is 24.8. The molecule has 7 heteroatoms. The summed E-state index contributed by atoms with van der Waals surface area (Å²) in [4.78, 5) is 16.5. The summed E-state index contributed by atoms with van der Waals surface area (Å²) in [6.45, 7) is 2.42. The maximum Gasteiger partial charge on any atom is 0.255 e. The molecule has 29 heavy (non-hydrogen) atoms. The number of aromatic nitrogens is 3. The molecule has 3 fully saturated rings. The lowest BCUT2D eigenvalue weighted by atomic mass is 9.96. The van der Waals surface area contributed by atoms with Gasteiger partial charge in [-0.1, -0.05) is 12.1 Å². The fourth-order valence-corrected chi connectivity index (χ4v) is 5.56. The number of hydrogen-bond donors (Lipinski definition) is 0. The van der Waals surface area contributed by atoms with Gasteiger partial charge in [0, 0.05) is 42.3 Å². The Morgan fingerprint density at radius 3 is 2.90 bits per heavy atom. The SMILES string of the molecule is O=C(c1ccccc1SCC1CCCO1)N1CCCC(c2nncn2C2CC2)C1. The van der Waals surface area contributed by atoms with E-state index in [1.54, 1.807) is 11.8 Å². The first-order chi connectivity index (χ1) is 14.3. The third-order valence-corrected chi connectivity index (χ3v) is 7.39. The average Bonchev–Trinajstić information content (AvgIpc) is 3.26. The third-order valence-electron chi connectivity index (χ3n) is 6.18. The van der Waals surface area contributed by atoms with Crippen molar-refractivity contribution in [3.05, 3.63) is 42.0 Å². The van der Waals surface area contributed by atoms with Crippen LogP contribution in [0, 0.1) is 0 Å². The van der Waals surface area contributed by atoms with E-state index in [0.29, 0.717) is 12.1 Å². The number of amides is 1. The van der Waals surface area contributed by atoms with Gasteiger partial charge in [0.15, 0.2) is 0 Å². The Bertz CT molecular complexity index is 860. The minimum Gasteiger partial charge on any atom is -0.377 e. The quantitative estimate of drug-likeness (QED) is 0.674. The monoisotopic (exact) mass is 412 g/mol. The number of likely N-dealkylation sites (tertiary alicyclic amines) is 1. The van der Waals surface area contributed by atoms with E-state index in [1.807, 2.05) is 29.4 Å². The first-order valence-electron chi connectivity index (χ1n) is 10.8. The highest BCUT2D eigenvalue weighted by atomic mass is 32.2. The summed E-state index contributed by atoms with van der Waals surface area (Å²) in [6.07, 6.45) is 8.97. The van der Waals surface area contributed by atoms with Crippen molar-refractivity contribution in [2.75, 3.05) is 25.4 Å². The third kappa shape index (κ3) is 4.21. The molecule has 0 spiro atoms. The summed E-state index contributed by atoms with van der Waals surface area (Å²) in [6, 6.07) is 8.59. The Labute approximate surface area is 176 Å². The highest BCUT2D eigenvalue weighted by molar-refractivity contribution is 7.99. The molecule has 2 aliphatic heterocycles. The van der Waals surface area contributed by atoms with Crippen molar-refractivity contribution in [1.29, 1.82) is 0 Å². The highest BCUT2D eigenvalue weighted by Crippen LogP contribution is 2.38. The van der Waals surface area contributed by atoms with Gasteiger partial charge in [0.2, 0.25) is 0 Å². The lowest BCUT2D eigenvalue weighted by molar-refractivity contribution is 0.0699. The molecule has 5 rings (SSSR count). The summed E-state index contributed by atoms with van der Waals surface area (Å²) >= 11 is 1.75. The molecule has 6 nitrogen and oxygen atoms in total.